The molecule has 0 N–H and O–H groups in total. The lowest BCUT2D eigenvalue weighted by atomic mass is 10.2. The largest absolute Gasteiger partial charge is 0.497 e. The first kappa shape index (κ1) is 21.3. The van der Waals surface area contributed by atoms with Crippen LogP contribution in [0.3, 0.4) is 0 Å². The number of hydrogen-bond donors (Lipinski definition) is 0. The van der Waals surface area contributed by atoms with E-state index in [0.717, 1.165) is 23.9 Å². The Morgan fingerprint density at radius 3 is 2.21 bits per heavy atom. The van der Waals surface area contributed by atoms with E-state index in [-0.39, 0.29) is 17.3 Å². The molecular formula is C21H27N3O4S. The predicted molar refractivity (Wildman–Crippen MR) is 111 cm³/mol. The second-order valence-corrected chi connectivity index (χ2v) is 9.12. The van der Waals surface area contributed by atoms with Crippen LogP contribution in [-0.2, 0) is 21.4 Å². The maximum atomic E-state index is 12.7. The predicted octanol–water partition coefficient (Wildman–Crippen LogP) is 1.66. The number of likely N-dealkylation sites (N-methyl/N-ethyl adjacent to an activating group) is 1. The van der Waals surface area contributed by atoms with E-state index in [1.54, 1.807) is 17.0 Å². The van der Waals surface area contributed by atoms with Crippen LogP contribution in [-0.4, -0.2) is 75.3 Å². The maximum absolute atomic E-state index is 12.7. The number of carbonyl (C=O) groups is 1. The van der Waals surface area contributed by atoms with Gasteiger partial charge in [-0.2, -0.15) is 4.31 Å². The molecule has 1 heterocycles. The van der Waals surface area contributed by atoms with Crippen molar-refractivity contribution < 1.29 is 17.9 Å². The number of methoxy groups -OCH3 is 1. The van der Waals surface area contributed by atoms with Gasteiger partial charge in [0.1, 0.15) is 5.75 Å². The second-order valence-electron chi connectivity index (χ2n) is 7.08. The Hall–Kier alpha value is -2.42. The van der Waals surface area contributed by atoms with Crippen molar-refractivity contribution in [3.8, 4) is 5.75 Å². The highest BCUT2D eigenvalue weighted by Crippen LogP contribution is 2.19. The smallest absolute Gasteiger partial charge is 0.243 e. The van der Waals surface area contributed by atoms with E-state index in [2.05, 4.69) is 17.0 Å². The molecule has 7 nitrogen and oxygen atoms in total. The normalized spacial score (nSPS) is 15.5. The minimum absolute atomic E-state index is 0.140. The summed E-state index contributed by atoms with van der Waals surface area (Å²) in [6.07, 6.45) is 0. The van der Waals surface area contributed by atoms with Crippen molar-refractivity contribution in [3.05, 3.63) is 60.2 Å². The fourth-order valence-corrected chi connectivity index (χ4v) is 4.42. The Morgan fingerprint density at radius 2 is 1.62 bits per heavy atom. The molecule has 1 saturated heterocycles. The van der Waals surface area contributed by atoms with Gasteiger partial charge in [0.2, 0.25) is 15.9 Å². The first-order valence-corrected chi connectivity index (χ1v) is 11.0. The molecule has 0 atom stereocenters. The third-order valence-electron chi connectivity index (χ3n) is 5.10. The van der Waals surface area contributed by atoms with Gasteiger partial charge in [0.15, 0.2) is 0 Å². The molecule has 0 unspecified atom stereocenters. The van der Waals surface area contributed by atoms with E-state index in [1.165, 1.54) is 31.9 Å². The van der Waals surface area contributed by atoms with Gasteiger partial charge >= 0.3 is 0 Å². The topological polar surface area (TPSA) is 70.2 Å². The van der Waals surface area contributed by atoms with Crippen LogP contribution in [0.4, 0.5) is 0 Å². The summed E-state index contributed by atoms with van der Waals surface area (Å²) in [5, 5.41) is 0. The van der Waals surface area contributed by atoms with E-state index in [1.807, 2.05) is 18.2 Å². The molecule has 0 aliphatic carbocycles. The molecule has 1 fully saturated rings. The number of benzene rings is 2. The summed E-state index contributed by atoms with van der Waals surface area (Å²) in [6.45, 7) is 3.43. The lowest BCUT2D eigenvalue weighted by Crippen LogP contribution is -2.51. The highest BCUT2D eigenvalue weighted by molar-refractivity contribution is 7.89. The Morgan fingerprint density at radius 1 is 1.00 bits per heavy atom. The number of ether oxygens (including phenoxy) is 1. The SMILES string of the molecule is COc1ccc(S(=O)(=O)N(C)CC(=O)N2CCN(Cc3ccccc3)CC2)cc1. The lowest BCUT2D eigenvalue weighted by molar-refractivity contribution is -0.133. The number of rotatable bonds is 7. The minimum Gasteiger partial charge on any atom is -0.497 e. The summed E-state index contributed by atoms with van der Waals surface area (Å²) in [7, 11) is -0.774. The van der Waals surface area contributed by atoms with E-state index in [4.69, 9.17) is 4.74 Å². The molecule has 3 rings (SSSR count). The quantitative estimate of drug-likeness (QED) is 0.685. The van der Waals surface area contributed by atoms with Crippen LogP contribution in [0.15, 0.2) is 59.5 Å². The summed E-state index contributed by atoms with van der Waals surface area (Å²) < 4.78 is 31.6. The van der Waals surface area contributed by atoms with Gasteiger partial charge in [0, 0.05) is 39.8 Å². The molecule has 1 amide bonds. The van der Waals surface area contributed by atoms with Gasteiger partial charge in [0.25, 0.3) is 0 Å². The molecule has 0 aromatic heterocycles. The van der Waals surface area contributed by atoms with Crippen LogP contribution in [0.25, 0.3) is 0 Å². The molecular weight excluding hydrogens is 390 g/mol. The molecule has 1 aliphatic rings. The zero-order valence-electron chi connectivity index (χ0n) is 16.8. The van der Waals surface area contributed by atoms with Gasteiger partial charge in [-0.1, -0.05) is 30.3 Å². The number of carbonyl (C=O) groups excluding carboxylic acids is 1. The van der Waals surface area contributed by atoms with Crippen molar-refractivity contribution in [2.75, 3.05) is 46.9 Å². The van der Waals surface area contributed by atoms with Crippen LogP contribution in [0.5, 0.6) is 5.75 Å². The minimum atomic E-state index is -3.73. The van der Waals surface area contributed by atoms with E-state index < -0.39 is 10.0 Å². The van der Waals surface area contributed by atoms with Crippen LogP contribution < -0.4 is 4.74 Å². The average Bonchev–Trinajstić information content (AvgIpc) is 2.75. The third-order valence-corrected chi connectivity index (χ3v) is 6.92. The van der Waals surface area contributed by atoms with Crippen molar-refractivity contribution in [1.29, 1.82) is 0 Å². The van der Waals surface area contributed by atoms with E-state index in [9.17, 15) is 13.2 Å². The molecule has 1 aliphatic heterocycles. The number of amides is 1. The summed E-state index contributed by atoms with van der Waals surface area (Å²) in [4.78, 5) is 16.8. The number of hydrogen-bond acceptors (Lipinski definition) is 5. The number of sulfonamides is 1. The molecule has 8 heteroatoms. The summed E-state index contributed by atoms with van der Waals surface area (Å²) in [5.41, 5.74) is 1.25. The van der Waals surface area contributed by atoms with Crippen molar-refractivity contribution in [1.82, 2.24) is 14.1 Å². The Labute approximate surface area is 172 Å². The van der Waals surface area contributed by atoms with Crippen LogP contribution in [0, 0.1) is 0 Å². The highest BCUT2D eigenvalue weighted by atomic mass is 32.2. The molecule has 0 radical (unpaired) electrons. The number of nitrogens with zero attached hydrogens (tertiary/aromatic N) is 3. The maximum Gasteiger partial charge on any atom is 0.243 e. The van der Waals surface area contributed by atoms with Gasteiger partial charge in [-0.15, -0.1) is 0 Å². The fourth-order valence-electron chi connectivity index (χ4n) is 3.30. The monoisotopic (exact) mass is 417 g/mol. The van der Waals surface area contributed by atoms with E-state index in [0.29, 0.717) is 18.8 Å². The number of piperazine rings is 1. The molecule has 29 heavy (non-hydrogen) atoms. The molecule has 2 aromatic rings. The molecule has 156 valence electrons. The zero-order chi connectivity index (χ0) is 20.9. The van der Waals surface area contributed by atoms with Gasteiger partial charge in [-0.05, 0) is 29.8 Å². The van der Waals surface area contributed by atoms with Crippen molar-refractivity contribution in [2.45, 2.75) is 11.4 Å². The summed E-state index contributed by atoms with van der Waals surface area (Å²) in [6, 6.07) is 16.4. The molecule has 0 spiro atoms. The van der Waals surface area contributed by atoms with E-state index >= 15 is 0 Å². The molecule has 2 aromatic carbocycles. The van der Waals surface area contributed by atoms with Crippen molar-refractivity contribution in [3.63, 3.8) is 0 Å². The Bertz CT molecular complexity index is 909. The Balaban J connectivity index is 1.53. The third kappa shape index (κ3) is 5.35. The molecule has 0 bridgehead atoms. The second kappa shape index (κ2) is 9.39. The van der Waals surface area contributed by atoms with Gasteiger partial charge in [0.05, 0.1) is 18.6 Å². The van der Waals surface area contributed by atoms with Gasteiger partial charge in [-0.25, -0.2) is 8.42 Å². The van der Waals surface area contributed by atoms with Crippen LogP contribution in [0.1, 0.15) is 5.56 Å². The van der Waals surface area contributed by atoms with Crippen LogP contribution >= 0.6 is 0 Å². The standard InChI is InChI=1S/C21H27N3O4S/c1-22(29(26,27)20-10-8-19(28-2)9-11-20)17-21(25)24-14-12-23(13-15-24)16-18-6-4-3-5-7-18/h3-11H,12-17H2,1-2H3. The van der Waals surface area contributed by atoms with Gasteiger partial charge in [-0.3, -0.25) is 9.69 Å². The van der Waals surface area contributed by atoms with Crippen LogP contribution in [0.2, 0.25) is 0 Å². The summed E-state index contributed by atoms with van der Waals surface area (Å²) >= 11 is 0. The highest BCUT2D eigenvalue weighted by Gasteiger charge is 2.27. The average molecular weight is 418 g/mol. The lowest BCUT2D eigenvalue weighted by Gasteiger charge is -2.35. The Kier molecular flexibility index (Phi) is 6.89. The summed E-state index contributed by atoms with van der Waals surface area (Å²) in [5.74, 6) is 0.403. The first-order valence-electron chi connectivity index (χ1n) is 9.54. The zero-order valence-corrected chi connectivity index (χ0v) is 17.6. The van der Waals surface area contributed by atoms with Gasteiger partial charge < -0.3 is 9.64 Å². The molecule has 0 saturated carbocycles. The first-order chi connectivity index (χ1) is 13.9. The van der Waals surface area contributed by atoms with Crippen molar-refractivity contribution in [2.24, 2.45) is 0 Å². The van der Waals surface area contributed by atoms with Crippen molar-refractivity contribution >= 4 is 15.9 Å². The fraction of sp³-hybridized carbons (Fsp3) is 0.381.